The van der Waals surface area contributed by atoms with Gasteiger partial charge in [-0.15, -0.1) is 5.10 Å². The van der Waals surface area contributed by atoms with Gasteiger partial charge in [-0.25, -0.2) is 4.68 Å². The Hall–Kier alpha value is -3.72. The summed E-state index contributed by atoms with van der Waals surface area (Å²) < 4.78 is 12.9. The molecule has 0 bridgehead atoms. The van der Waals surface area contributed by atoms with Crippen molar-refractivity contribution in [3.05, 3.63) is 75.8 Å². The van der Waals surface area contributed by atoms with Crippen molar-refractivity contribution >= 4 is 10.9 Å². The second-order valence-corrected chi connectivity index (χ2v) is 9.85. The van der Waals surface area contributed by atoms with E-state index in [0.29, 0.717) is 30.2 Å². The number of pyridine rings is 1. The normalized spacial score (nSPS) is 14.1. The predicted molar refractivity (Wildman–Crippen MR) is 132 cm³/mol. The van der Waals surface area contributed by atoms with Gasteiger partial charge in [0.05, 0.1) is 17.1 Å². The van der Waals surface area contributed by atoms with Crippen LogP contribution in [0.2, 0.25) is 0 Å². The number of hydrogen-bond acceptors (Lipinski definition) is 7. The molecular formula is C26H30N6O3. The van der Waals surface area contributed by atoms with Gasteiger partial charge in [0, 0.05) is 30.1 Å². The van der Waals surface area contributed by atoms with Gasteiger partial charge in [-0.05, 0) is 55.3 Å². The molecule has 4 aromatic rings. The zero-order valence-corrected chi connectivity index (χ0v) is 20.5. The molecule has 0 saturated carbocycles. The van der Waals surface area contributed by atoms with E-state index in [-0.39, 0.29) is 23.9 Å². The number of hydrogen-bond donors (Lipinski definition) is 1. The average molecular weight is 475 g/mol. The third kappa shape index (κ3) is 4.64. The first-order valence-corrected chi connectivity index (χ1v) is 11.9. The lowest BCUT2D eigenvalue weighted by molar-refractivity contribution is 0.153. The van der Waals surface area contributed by atoms with E-state index in [9.17, 15) is 4.79 Å². The number of rotatable bonds is 7. The van der Waals surface area contributed by atoms with Gasteiger partial charge in [0.25, 0.3) is 5.56 Å². The van der Waals surface area contributed by atoms with Gasteiger partial charge in [0.2, 0.25) is 6.79 Å². The van der Waals surface area contributed by atoms with Crippen molar-refractivity contribution in [3.8, 4) is 11.5 Å². The number of benzene rings is 2. The van der Waals surface area contributed by atoms with Crippen molar-refractivity contribution in [2.75, 3.05) is 6.79 Å². The van der Waals surface area contributed by atoms with Crippen molar-refractivity contribution in [2.45, 2.75) is 58.8 Å². The molecule has 1 aliphatic rings. The Bertz CT molecular complexity index is 1390. The first-order valence-electron chi connectivity index (χ1n) is 11.9. The number of H-pyrrole nitrogens is 1. The maximum absolute atomic E-state index is 13.1. The van der Waals surface area contributed by atoms with E-state index in [1.165, 1.54) is 0 Å². The fraction of sp³-hybridized carbons (Fsp3) is 0.385. The molecule has 0 unspecified atom stereocenters. The van der Waals surface area contributed by atoms with Crippen molar-refractivity contribution in [2.24, 2.45) is 0 Å². The molecule has 1 N–H and O–H groups in total. The van der Waals surface area contributed by atoms with E-state index in [4.69, 9.17) is 9.47 Å². The van der Waals surface area contributed by atoms with Crippen LogP contribution in [0.4, 0.5) is 0 Å². The van der Waals surface area contributed by atoms with E-state index < -0.39 is 0 Å². The van der Waals surface area contributed by atoms with Crippen LogP contribution in [0, 0.1) is 0 Å². The summed E-state index contributed by atoms with van der Waals surface area (Å²) in [6, 6.07) is 15.8. The largest absolute Gasteiger partial charge is 0.454 e. The molecule has 0 aliphatic carbocycles. The second-order valence-electron chi connectivity index (χ2n) is 9.85. The molecule has 0 radical (unpaired) electrons. The molecule has 3 heterocycles. The Morgan fingerprint density at radius 2 is 1.83 bits per heavy atom. The first kappa shape index (κ1) is 23.0. The van der Waals surface area contributed by atoms with E-state index in [0.717, 1.165) is 28.7 Å². The first-order chi connectivity index (χ1) is 16.8. The molecule has 1 aliphatic heterocycles. The zero-order chi connectivity index (χ0) is 24.6. The van der Waals surface area contributed by atoms with Gasteiger partial charge in [-0.2, -0.15) is 0 Å². The van der Waals surface area contributed by atoms with Crippen LogP contribution in [0.3, 0.4) is 0 Å². The molecule has 182 valence electrons. The highest BCUT2D eigenvalue weighted by molar-refractivity contribution is 5.83. The van der Waals surface area contributed by atoms with Gasteiger partial charge >= 0.3 is 0 Å². The predicted octanol–water partition coefficient (Wildman–Crippen LogP) is 4.15. The van der Waals surface area contributed by atoms with Crippen LogP contribution in [0.5, 0.6) is 11.5 Å². The number of aromatic nitrogens is 5. The van der Waals surface area contributed by atoms with Gasteiger partial charge in [-0.3, -0.25) is 9.69 Å². The Kier molecular flexibility index (Phi) is 6.02. The molecule has 2 aromatic heterocycles. The van der Waals surface area contributed by atoms with Crippen LogP contribution in [-0.2, 0) is 18.6 Å². The van der Waals surface area contributed by atoms with E-state index in [2.05, 4.69) is 65.2 Å². The molecule has 9 heteroatoms. The summed E-state index contributed by atoms with van der Waals surface area (Å²) in [4.78, 5) is 18.4. The lowest BCUT2D eigenvalue weighted by atomic mass is 10.0. The highest BCUT2D eigenvalue weighted by Crippen LogP contribution is 2.35. The lowest BCUT2D eigenvalue weighted by Crippen LogP contribution is -2.35. The SMILES string of the molecule is CC[C@@H](c1nnnn1C(C)(C)C)N(Cc1ccccc1)Cc1cc2cc3c(cc2[nH]c1=O)OCO3. The van der Waals surface area contributed by atoms with Crippen molar-refractivity contribution in [1.82, 2.24) is 30.1 Å². The smallest absolute Gasteiger partial charge is 0.252 e. The zero-order valence-electron chi connectivity index (χ0n) is 20.5. The van der Waals surface area contributed by atoms with Crippen LogP contribution in [0.25, 0.3) is 10.9 Å². The summed E-state index contributed by atoms with van der Waals surface area (Å²) in [6.45, 7) is 9.64. The number of nitrogens with one attached hydrogen (secondary N) is 1. The molecule has 0 amide bonds. The fourth-order valence-electron chi connectivity index (χ4n) is 4.56. The summed E-state index contributed by atoms with van der Waals surface area (Å²) in [5.74, 6) is 2.12. The standard InChI is InChI=1S/C26H30N6O3/c1-5-21(24-28-29-30-32(24)26(2,3)4)31(14-17-9-7-6-8-10-17)15-19-11-18-12-22-23(35-16-34-22)13-20(18)27-25(19)33/h6-13,21H,5,14-16H2,1-4H3,(H,27,33)/t21-/m0/s1. The summed E-state index contributed by atoms with van der Waals surface area (Å²) in [5.41, 5.74) is 2.15. The highest BCUT2D eigenvalue weighted by Gasteiger charge is 2.30. The summed E-state index contributed by atoms with van der Waals surface area (Å²) in [7, 11) is 0. The Morgan fingerprint density at radius 1 is 1.09 bits per heavy atom. The van der Waals surface area contributed by atoms with Gasteiger partial charge < -0.3 is 14.5 Å². The molecule has 35 heavy (non-hydrogen) atoms. The minimum Gasteiger partial charge on any atom is -0.454 e. The van der Waals surface area contributed by atoms with Crippen molar-refractivity contribution < 1.29 is 9.47 Å². The molecule has 5 rings (SSSR count). The fourth-order valence-corrected chi connectivity index (χ4v) is 4.56. The quantitative estimate of drug-likeness (QED) is 0.430. The van der Waals surface area contributed by atoms with E-state index in [1.54, 1.807) is 0 Å². The number of ether oxygens (including phenoxy) is 2. The maximum Gasteiger partial charge on any atom is 0.252 e. The van der Waals surface area contributed by atoms with Crippen molar-refractivity contribution in [1.29, 1.82) is 0 Å². The average Bonchev–Trinajstić information content (AvgIpc) is 3.49. The minimum absolute atomic E-state index is 0.0868. The number of tetrazole rings is 1. The summed E-state index contributed by atoms with van der Waals surface area (Å²) in [6.07, 6.45) is 0.785. The number of nitrogens with zero attached hydrogens (tertiary/aromatic N) is 5. The molecular weight excluding hydrogens is 444 g/mol. The lowest BCUT2D eigenvalue weighted by Gasteiger charge is -2.32. The summed E-state index contributed by atoms with van der Waals surface area (Å²) >= 11 is 0. The van der Waals surface area contributed by atoms with E-state index >= 15 is 0 Å². The van der Waals surface area contributed by atoms with Gasteiger partial charge in [0.15, 0.2) is 17.3 Å². The number of fused-ring (bicyclic) bond motifs is 2. The molecule has 9 nitrogen and oxygen atoms in total. The topological polar surface area (TPSA) is 98.2 Å². The van der Waals surface area contributed by atoms with Gasteiger partial charge in [-0.1, -0.05) is 37.3 Å². The molecule has 1 atom stereocenters. The highest BCUT2D eigenvalue weighted by atomic mass is 16.7. The second kappa shape index (κ2) is 9.14. The Labute approximate surface area is 203 Å². The Balaban J connectivity index is 1.55. The Morgan fingerprint density at radius 3 is 2.54 bits per heavy atom. The molecule has 0 saturated heterocycles. The third-order valence-electron chi connectivity index (χ3n) is 6.27. The summed E-state index contributed by atoms with van der Waals surface area (Å²) in [5, 5.41) is 13.6. The van der Waals surface area contributed by atoms with E-state index in [1.807, 2.05) is 41.1 Å². The minimum atomic E-state index is -0.270. The molecule has 2 aromatic carbocycles. The van der Waals surface area contributed by atoms with Gasteiger partial charge in [0.1, 0.15) is 0 Å². The van der Waals surface area contributed by atoms with Crippen LogP contribution in [-0.4, -0.2) is 36.9 Å². The maximum atomic E-state index is 13.1. The van der Waals surface area contributed by atoms with Crippen LogP contribution < -0.4 is 15.0 Å². The molecule has 0 spiro atoms. The van der Waals surface area contributed by atoms with Crippen molar-refractivity contribution in [3.63, 3.8) is 0 Å². The number of aromatic amines is 1. The third-order valence-corrected chi connectivity index (χ3v) is 6.27. The van der Waals surface area contributed by atoms with Crippen LogP contribution in [0.15, 0.2) is 53.3 Å². The van der Waals surface area contributed by atoms with Crippen LogP contribution in [0.1, 0.15) is 57.1 Å². The monoisotopic (exact) mass is 474 g/mol. The van der Waals surface area contributed by atoms with Crippen LogP contribution >= 0.6 is 0 Å². The molecule has 0 fully saturated rings.